The number of hydrogen-bond acceptors (Lipinski definition) is 2. The Bertz CT molecular complexity index is 1610. The van der Waals surface area contributed by atoms with E-state index in [4.69, 9.17) is 5.26 Å². The van der Waals surface area contributed by atoms with Crippen LogP contribution in [0.2, 0.25) is 0 Å². The molecule has 2 heterocycles. The second-order valence-corrected chi connectivity index (χ2v) is 8.01. The van der Waals surface area contributed by atoms with Crippen molar-refractivity contribution in [2.24, 2.45) is 0 Å². The van der Waals surface area contributed by atoms with E-state index in [9.17, 15) is 0 Å². The Morgan fingerprint density at radius 1 is 0.606 bits per heavy atom. The average Bonchev–Trinajstić information content (AvgIpc) is 3.23. The maximum absolute atomic E-state index is 9.16. The van der Waals surface area contributed by atoms with Gasteiger partial charge in [0.05, 0.1) is 16.7 Å². The van der Waals surface area contributed by atoms with E-state index < -0.39 is 0 Å². The highest BCUT2D eigenvalue weighted by molar-refractivity contribution is 6.09. The van der Waals surface area contributed by atoms with E-state index in [-0.39, 0.29) is 0 Å². The van der Waals surface area contributed by atoms with Crippen molar-refractivity contribution in [1.29, 1.82) is 5.26 Å². The molecular weight excluding hydrogens is 402 g/mol. The minimum atomic E-state index is 0.424. The van der Waals surface area contributed by atoms with E-state index in [1.807, 2.05) is 12.1 Å². The molecule has 3 nitrogen and oxygen atoms in total. The molecule has 0 aliphatic heterocycles. The van der Waals surface area contributed by atoms with Crippen LogP contribution in [0, 0.1) is 11.3 Å². The highest BCUT2D eigenvalue weighted by atomic mass is 15.0. The van der Waals surface area contributed by atoms with Crippen molar-refractivity contribution in [3.63, 3.8) is 0 Å². The van der Waals surface area contributed by atoms with Crippen LogP contribution in [0.4, 0.5) is 0 Å². The molecule has 33 heavy (non-hydrogen) atoms. The van der Waals surface area contributed by atoms with E-state index >= 15 is 0 Å². The minimum Gasteiger partial charge on any atom is -0.309 e. The van der Waals surface area contributed by atoms with E-state index in [1.165, 1.54) is 27.4 Å². The van der Waals surface area contributed by atoms with Crippen LogP contribution in [-0.4, -0.2) is 9.55 Å². The van der Waals surface area contributed by atoms with Crippen LogP contribution in [0.1, 0.15) is 5.69 Å². The standard InChI is InChI=1S/C30H19N3/c31-20-24-19-23(17-18-32-24)21-13-15-22(16-14-21)25-7-1-4-10-28(25)33-29-11-5-2-8-26(29)27-9-3-6-12-30(27)33/h1-19H. The number of nitriles is 1. The predicted molar refractivity (Wildman–Crippen MR) is 134 cm³/mol. The van der Waals surface area contributed by atoms with Crippen molar-refractivity contribution in [2.45, 2.75) is 0 Å². The van der Waals surface area contributed by atoms with Crippen molar-refractivity contribution in [2.75, 3.05) is 0 Å². The van der Waals surface area contributed by atoms with Crippen molar-refractivity contribution in [3.05, 3.63) is 121 Å². The zero-order valence-electron chi connectivity index (χ0n) is 17.8. The lowest BCUT2D eigenvalue weighted by Gasteiger charge is -2.14. The van der Waals surface area contributed by atoms with Gasteiger partial charge in [-0.3, -0.25) is 0 Å². The number of aromatic nitrogens is 2. The number of benzene rings is 4. The molecule has 6 aromatic rings. The van der Waals surface area contributed by atoms with Gasteiger partial charge in [-0.2, -0.15) is 5.26 Å². The summed E-state index contributed by atoms with van der Waals surface area (Å²) in [5.74, 6) is 0. The SMILES string of the molecule is N#Cc1cc(-c2ccc(-c3ccccc3-n3c4ccccc4c4ccccc43)cc2)ccn1. The summed E-state index contributed by atoms with van der Waals surface area (Å²) in [7, 11) is 0. The predicted octanol–water partition coefficient (Wildman–Crippen LogP) is 7.38. The third kappa shape index (κ3) is 3.17. The first-order valence-corrected chi connectivity index (χ1v) is 10.9. The minimum absolute atomic E-state index is 0.424. The van der Waals surface area contributed by atoms with Crippen LogP contribution in [0.15, 0.2) is 115 Å². The molecule has 2 aromatic heterocycles. The van der Waals surface area contributed by atoms with Crippen LogP contribution in [0.3, 0.4) is 0 Å². The number of fused-ring (bicyclic) bond motifs is 3. The van der Waals surface area contributed by atoms with Gasteiger partial charge in [0, 0.05) is 22.5 Å². The molecule has 0 spiro atoms. The van der Waals surface area contributed by atoms with Crippen molar-refractivity contribution in [3.8, 4) is 34.0 Å². The zero-order chi connectivity index (χ0) is 22.2. The molecule has 0 radical (unpaired) electrons. The maximum Gasteiger partial charge on any atom is 0.141 e. The number of rotatable bonds is 3. The summed E-state index contributed by atoms with van der Waals surface area (Å²) in [6.45, 7) is 0. The largest absolute Gasteiger partial charge is 0.309 e. The molecule has 0 saturated carbocycles. The topological polar surface area (TPSA) is 41.6 Å². The van der Waals surface area contributed by atoms with Gasteiger partial charge in [0.25, 0.3) is 0 Å². The molecule has 0 fully saturated rings. The maximum atomic E-state index is 9.16. The van der Waals surface area contributed by atoms with Crippen LogP contribution < -0.4 is 0 Å². The summed E-state index contributed by atoms with van der Waals surface area (Å²) in [6.07, 6.45) is 1.68. The first-order chi connectivity index (χ1) is 16.3. The van der Waals surface area contributed by atoms with Gasteiger partial charge in [0.2, 0.25) is 0 Å². The quantitative estimate of drug-likeness (QED) is 0.299. The van der Waals surface area contributed by atoms with Crippen LogP contribution >= 0.6 is 0 Å². The first kappa shape index (κ1) is 19.0. The Labute approximate surface area is 191 Å². The second kappa shape index (κ2) is 7.78. The normalized spacial score (nSPS) is 11.0. The number of para-hydroxylation sites is 3. The lowest BCUT2D eigenvalue weighted by atomic mass is 9.99. The molecule has 0 unspecified atom stereocenters. The lowest BCUT2D eigenvalue weighted by molar-refractivity contribution is 1.18. The third-order valence-corrected chi connectivity index (χ3v) is 6.13. The molecule has 0 aliphatic rings. The molecule has 0 atom stereocenters. The van der Waals surface area contributed by atoms with E-state index in [0.29, 0.717) is 5.69 Å². The lowest BCUT2D eigenvalue weighted by Crippen LogP contribution is -1.97. The molecule has 0 amide bonds. The van der Waals surface area contributed by atoms with Gasteiger partial charge in [0.1, 0.15) is 11.8 Å². The second-order valence-electron chi connectivity index (χ2n) is 8.01. The number of nitrogens with zero attached hydrogens (tertiary/aromatic N) is 3. The molecule has 3 heteroatoms. The van der Waals surface area contributed by atoms with Crippen LogP contribution in [0.25, 0.3) is 49.7 Å². The Hall–Kier alpha value is -4.68. The van der Waals surface area contributed by atoms with Gasteiger partial charge >= 0.3 is 0 Å². The smallest absolute Gasteiger partial charge is 0.141 e. The number of pyridine rings is 1. The van der Waals surface area contributed by atoms with Gasteiger partial charge in [-0.15, -0.1) is 0 Å². The molecule has 0 saturated heterocycles. The molecule has 0 N–H and O–H groups in total. The summed E-state index contributed by atoms with van der Waals surface area (Å²) < 4.78 is 2.36. The number of hydrogen-bond donors (Lipinski definition) is 0. The molecule has 4 aromatic carbocycles. The van der Waals surface area contributed by atoms with Crippen molar-refractivity contribution in [1.82, 2.24) is 9.55 Å². The third-order valence-electron chi connectivity index (χ3n) is 6.13. The highest BCUT2D eigenvalue weighted by Gasteiger charge is 2.14. The fraction of sp³-hybridized carbons (Fsp3) is 0. The average molecular weight is 422 g/mol. The fourth-order valence-electron chi connectivity index (χ4n) is 4.61. The Morgan fingerprint density at radius 3 is 1.91 bits per heavy atom. The highest BCUT2D eigenvalue weighted by Crippen LogP contribution is 2.36. The Morgan fingerprint density at radius 2 is 1.21 bits per heavy atom. The van der Waals surface area contributed by atoms with E-state index in [2.05, 4.69) is 113 Å². The van der Waals surface area contributed by atoms with Crippen LogP contribution in [0.5, 0.6) is 0 Å². The summed E-state index contributed by atoms with van der Waals surface area (Å²) in [5.41, 5.74) is 8.34. The van der Waals surface area contributed by atoms with Crippen molar-refractivity contribution >= 4 is 21.8 Å². The van der Waals surface area contributed by atoms with Gasteiger partial charge in [0.15, 0.2) is 0 Å². The molecule has 0 aliphatic carbocycles. The Kier molecular flexibility index (Phi) is 4.49. The summed E-state index contributed by atoms with van der Waals surface area (Å²) in [4.78, 5) is 4.07. The van der Waals surface area contributed by atoms with Gasteiger partial charge in [-0.05, 0) is 47.0 Å². The van der Waals surface area contributed by atoms with E-state index in [0.717, 1.165) is 22.4 Å². The molecular formula is C30H19N3. The van der Waals surface area contributed by atoms with Crippen LogP contribution in [-0.2, 0) is 0 Å². The molecule has 6 rings (SSSR count). The summed E-state index contributed by atoms with van der Waals surface area (Å²) in [6, 6.07) is 40.1. The molecule has 0 bridgehead atoms. The van der Waals surface area contributed by atoms with Crippen molar-refractivity contribution < 1.29 is 0 Å². The van der Waals surface area contributed by atoms with E-state index in [1.54, 1.807) is 6.20 Å². The summed E-state index contributed by atoms with van der Waals surface area (Å²) >= 11 is 0. The summed E-state index contributed by atoms with van der Waals surface area (Å²) in [5, 5.41) is 11.7. The van der Waals surface area contributed by atoms with Gasteiger partial charge in [-0.1, -0.05) is 78.9 Å². The van der Waals surface area contributed by atoms with Gasteiger partial charge < -0.3 is 4.57 Å². The first-order valence-electron chi connectivity index (χ1n) is 10.9. The Balaban J connectivity index is 1.52. The zero-order valence-corrected chi connectivity index (χ0v) is 17.8. The van der Waals surface area contributed by atoms with Gasteiger partial charge in [-0.25, -0.2) is 4.98 Å². The fourth-order valence-corrected chi connectivity index (χ4v) is 4.61. The molecule has 154 valence electrons. The monoisotopic (exact) mass is 421 g/mol.